The van der Waals surface area contributed by atoms with Crippen molar-refractivity contribution in [2.24, 2.45) is 7.05 Å². The second kappa shape index (κ2) is 6.36. The molecule has 1 heterocycles. The van der Waals surface area contributed by atoms with Gasteiger partial charge in [0, 0.05) is 12.1 Å². The largest absolute Gasteiger partial charge is 0.673 e. The van der Waals surface area contributed by atoms with E-state index in [1.807, 2.05) is 13.8 Å². The zero-order valence-corrected chi connectivity index (χ0v) is 9.59. The third-order valence-electron chi connectivity index (χ3n) is 1.41. The highest BCUT2D eigenvalue weighted by Crippen LogP contribution is 2.06. The van der Waals surface area contributed by atoms with Gasteiger partial charge in [0.1, 0.15) is 7.05 Å². The second-order valence-electron chi connectivity index (χ2n) is 3.46. The fourth-order valence-corrected chi connectivity index (χ4v) is 0.923. The number of nitrogens with zero attached hydrogens (tertiary/aromatic N) is 2. The lowest BCUT2D eigenvalue weighted by atomic mass is 10.3. The quantitative estimate of drug-likeness (QED) is 0.499. The number of aromatic nitrogens is 2. The first-order chi connectivity index (χ1) is 7.59. The minimum Gasteiger partial charge on any atom is -0.418 e. The van der Waals surface area contributed by atoms with Gasteiger partial charge in [-0.1, -0.05) is 5.10 Å². The third-order valence-corrected chi connectivity index (χ3v) is 1.41. The first kappa shape index (κ1) is 15.6. The summed E-state index contributed by atoms with van der Waals surface area (Å²) in [5, 5.41) is 6.75. The highest BCUT2D eigenvalue weighted by atomic mass is 19.5. The number of hydrogen-bond donors (Lipinski definition) is 1. The molecule has 3 nitrogen and oxygen atoms in total. The van der Waals surface area contributed by atoms with E-state index in [1.54, 1.807) is 13.1 Å². The Morgan fingerprint density at radius 3 is 2.06 bits per heavy atom. The fourth-order valence-electron chi connectivity index (χ4n) is 0.923. The summed E-state index contributed by atoms with van der Waals surface area (Å²) in [4.78, 5) is 0. The average molecular weight is 257 g/mol. The maximum atomic E-state index is 12.5. The fraction of sp³-hybridized carbons (Fsp3) is 0.500. The van der Waals surface area contributed by atoms with E-state index in [0.29, 0.717) is 6.04 Å². The van der Waals surface area contributed by atoms with Crippen LogP contribution in [0.2, 0.25) is 0 Å². The Kier molecular flexibility index (Phi) is 5.83. The SMILES string of the molecule is CC(C)Nc1ccc(F)n[n+]1C.F[B-](F)(F)F. The standard InChI is InChI=1S/C8H12FN3.BF4/c1-6(2)10-8-5-4-7(9)11-12(8)3;2-1(3,4)5/h4-6H,1-3H3;/q;-1/p+1. The topological polar surface area (TPSA) is 28.8 Å². The van der Waals surface area contributed by atoms with Crippen LogP contribution in [0.1, 0.15) is 13.8 Å². The van der Waals surface area contributed by atoms with Crippen LogP contribution in [-0.2, 0) is 7.05 Å². The monoisotopic (exact) mass is 257 g/mol. The summed E-state index contributed by atoms with van der Waals surface area (Å²) < 4.78 is 53.0. The average Bonchev–Trinajstić information content (AvgIpc) is 2.06. The van der Waals surface area contributed by atoms with Crippen molar-refractivity contribution < 1.29 is 26.3 Å². The van der Waals surface area contributed by atoms with Crippen molar-refractivity contribution >= 4 is 13.1 Å². The molecule has 1 N–H and O–H groups in total. The van der Waals surface area contributed by atoms with Gasteiger partial charge >= 0.3 is 7.25 Å². The van der Waals surface area contributed by atoms with Crippen molar-refractivity contribution in [1.82, 2.24) is 5.10 Å². The summed E-state index contributed by atoms with van der Waals surface area (Å²) in [5.41, 5.74) is 0. The van der Waals surface area contributed by atoms with Crippen LogP contribution in [0.4, 0.5) is 27.5 Å². The molecular weight excluding hydrogens is 244 g/mol. The molecule has 0 amide bonds. The molecule has 0 radical (unpaired) electrons. The van der Waals surface area contributed by atoms with Crippen LogP contribution in [0.25, 0.3) is 0 Å². The molecule has 0 aliphatic carbocycles. The van der Waals surface area contributed by atoms with Gasteiger partial charge in [0.25, 0.3) is 11.8 Å². The van der Waals surface area contributed by atoms with Crippen molar-refractivity contribution in [2.45, 2.75) is 19.9 Å². The van der Waals surface area contributed by atoms with Crippen LogP contribution in [0.15, 0.2) is 12.1 Å². The predicted octanol–water partition coefficient (Wildman–Crippen LogP) is 2.17. The van der Waals surface area contributed by atoms with Crippen molar-refractivity contribution in [2.75, 3.05) is 5.32 Å². The second-order valence-corrected chi connectivity index (χ2v) is 3.46. The van der Waals surface area contributed by atoms with Crippen LogP contribution in [0.3, 0.4) is 0 Å². The summed E-state index contributed by atoms with van der Waals surface area (Å²) in [6.07, 6.45) is 0. The Morgan fingerprint density at radius 2 is 1.71 bits per heavy atom. The van der Waals surface area contributed by atoms with Crippen LogP contribution in [0, 0.1) is 5.95 Å². The van der Waals surface area contributed by atoms with Gasteiger partial charge in [0.05, 0.1) is 6.04 Å². The van der Waals surface area contributed by atoms with Gasteiger partial charge in [0.15, 0.2) is 0 Å². The van der Waals surface area contributed by atoms with Gasteiger partial charge in [-0.3, -0.25) is 5.32 Å². The third kappa shape index (κ3) is 9.52. The smallest absolute Gasteiger partial charge is 0.418 e. The maximum Gasteiger partial charge on any atom is 0.673 e. The van der Waals surface area contributed by atoms with Crippen LogP contribution >= 0.6 is 0 Å². The van der Waals surface area contributed by atoms with Gasteiger partial charge in [-0.25, -0.2) is 0 Å². The van der Waals surface area contributed by atoms with Gasteiger partial charge in [0.2, 0.25) is 0 Å². The lowest BCUT2D eigenvalue weighted by Crippen LogP contribution is -2.38. The zero-order chi connectivity index (χ0) is 13.6. The molecular formula is C8H13BF5N3. The number of anilines is 1. The molecule has 0 unspecified atom stereocenters. The first-order valence-corrected chi connectivity index (χ1v) is 4.76. The summed E-state index contributed by atoms with van der Waals surface area (Å²) in [6.45, 7) is 4.03. The van der Waals surface area contributed by atoms with Crippen LogP contribution in [-0.4, -0.2) is 18.4 Å². The molecule has 0 saturated carbocycles. The summed E-state index contributed by atoms with van der Waals surface area (Å²) >= 11 is 0. The van der Waals surface area contributed by atoms with E-state index in [4.69, 9.17) is 0 Å². The Bertz CT molecular complexity index is 350. The first-order valence-electron chi connectivity index (χ1n) is 4.76. The molecule has 0 atom stereocenters. The summed E-state index contributed by atoms with van der Waals surface area (Å²) in [7, 11) is -4.30. The number of nitrogens with one attached hydrogen (secondary N) is 1. The molecule has 0 aliphatic heterocycles. The molecule has 1 aromatic heterocycles. The van der Waals surface area contributed by atoms with E-state index >= 15 is 0 Å². The van der Waals surface area contributed by atoms with Crippen LogP contribution in [0.5, 0.6) is 0 Å². The van der Waals surface area contributed by atoms with Gasteiger partial charge < -0.3 is 17.3 Å². The Labute approximate surface area is 95.7 Å². The molecule has 0 fully saturated rings. The molecule has 0 saturated heterocycles. The molecule has 9 heteroatoms. The number of aryl methyl sites for hydroxylation is 1. The van der Waals surface area contributed by atoms with Crippen LogP contribution < -0.4 is 10.00 Å². The van der Waals surface area contributed by atoms with E-state index in [-0.39, 0.29) is 0 Å². The highest BCUT2D eigenvalue weighted by molar-refractivity contribution is 6.50. The normalized spacial score (nSPS) is 10.9. The van der Waals surface area contributed by atoms with Crippen molar-refractivity contribution in [1.29, 1.82) is 0 Å². The van der Waals surface area contributed by atoms with Crippen molar-refractivity contribution in [3.05, 3.63) is 18.1 Å². The number of halogens is 5. The number of rotatable bonds is 2. The summed E-state index contributed by atoms with van der Waals surface area (Å²) in [6, 6.07) is 3.33. The molecule has 1 rings (SSSR count). The van der Waals surface area contributed by atoms with Gasteiger partial charge in [-0.15, -0.1) is 4.68 Å². The zero-order valence-electron chi connectivity index (χ0n) is 9.59. The molecule has 0 bridgehead atoms. The molecule has 0 aromatic carbocycles. The van der Waals surface area contributed by atoms with Gasteiger partial charge in [-0.05, 0) is 13.8 Å². The molecule has 0 spiro atoms. The van der Waals surface area contributed by atoms with Crippen molar-refractivity contribution in [3.63, 3.8) is 0 Å². The number of hydrogen-bond acceptors (Lipinski definition) is 2. The molecule has 98 valence electrons. The van der Waals surface area contributed by atoms with E-state index in [9.17, 15) is 21.7 Å². The Morgan fingerprint density at radius 1 is 1.24 bits per heavy atom. The van der Waals surface area contributed by atoms with E-state index < -0.39 is 13.2 Å². The lowest BCUT2D eigenvalue weighted by molar-refractivity contribution is -0.720. The minimum atomic E-state index is -6.00. The Balaban J connectivity index is 0.000000437. The molecule has 17 heavy (non-hydrogen) atoms. The maximum absolute atomic E-state index is 12.5. The van der Waals surface area contributed by atoms with E-state index in [1.165, 1.54) is 10.7 Å². The van der Waals surface area contributed by atoms with E-state index in [2.05, 4.69) is 10.4 Å². The minimum absolute atomic E-state index is 0.323. The molecule has 1 aromatic rings. The lowest BCUT2D eigenvalue weighted by Gasteiger charge is -2.03. The van der Waals surface area contributed by atoms with Gasteiger partial charge in [-0.2, -0.15) is 4.39 Å². The summed E-state index contributed by atoms with van der Waals surface area (Å²) in [5.74, 6) is 0.346. The Hall–Kier alpha value is -1.41. The van der Waals surface area contributed by atoms with Crippen molar-refractivity contribution in [3.8, 4) is 0 Å². The molecule has 0 aliphatic rings. The van der Waals surface area contributed by atoms with E-state index in [0.717, 1.165) is 5.82 Å². The highest BCUT2D eigenvalue weighted by Gasteiger charge is 2.20. The predicted molar refractivity (Wildman–Crippen MR) is 54.3 cm³/mol.